The molecule has 1 aromatic heterocycles. The molecule has 0 aliphatic carbocycles. The Kier molecular flexibility index (Phi) is 4.44. The van der Waals surface area contributed by atoms with E-state index in [0.29, 0.717) is 26.9 Å². The lowest BCUT2D eigenvalue weighted by atomic mass is 9.93. The number of hydrogen-bond donors (Lipinski definition) is 1. The van der Waals surface area contributed by atoms with Crippen LogP contribution in [0.5, 0.6) is 0 Å². The summed E-state index contributed by atoms with van der Waals surface area (Å²) < 4.78 is 0. The van der Waals surface area contributed by atoms with Crippen LogP contribution in [0.4, 0.5) is 5.82 Å². The Morgan fingerprint density at radius 2 is 1.83 bits per heavy atom. The summed E-state index contributed by atoms with van der Waals surface area (Å²) in [7, 11) is 0. The minimum atomic E-state index is 0.174. The number of nitrogens with two attached hydrogens (primary N) is 1. The molecule has 0 saturated carbocycles. The molecule has 24 heavy (non-hydrogen) atoms. The summed E-state index contributed by atoms with van der Waals surface area (Å²) in [6.07, 6.45) is 0. The van der Waals surface area contributed by atoms with Crippen LogP contribution in [0.25, 0.3) is 22.4 Å². The van der Waals surface area contributed by atoms with Crippen molar-refractivity contribution < 1.29 is 0 Å². The van der Waals surface area contributed by atoms with Gasteiger partial charge in [-0.05, 0) is 30.7 Å². The van der Waals surface area contributed by atoms with Crippen LogP contribution >= 0.6 is 23.2 Å². The Balaban J connectivity index is 2.37. The van der Waals surface area contributed by atoms with Crippen molar-refractivity contribution in [3.8, 4) is 28.5 Å². The van der Waals surface area contributed by atoms with Crippen LogP contribution in [-0.4, -0.2) is 4.98 Å². The largest absolute Gasteiger partial charge is 0.383 e. The third kappa shape index (κ3) is 2.82. The van der Waals surface area contributed by atoms with Crippen molar-refractivity contribution in [2.24, 2.45) is 0 Å². The Labute approximate surface area is 150 Å². The van der Waals surface area contributed by atoms with Gasteiger partial charge in [0.2, 0.25) is 0 Å². The number of nitriles is 1. The highest BCUT2D eigenvalue weighted by Crippen LogP contribution is 2.38. The molecule has 0 aliphatic heterocycles. The van der Waals surface area contributed by atoms with Crippen LogP contribution in [0.15, 0.2) is 48.5 Å². The summed E-state index contributed by atoms with van der Waals surface area (Å²) in [5.41, 5.74) is 10.2. The summed E-state index contributed by atoms with van der Waals surface area (Å²) in [4.78, 5) is 4.42. The van der Waals surface area contributed by atoms with E-state index in [2.05, 4.69) is 11.1 Å². The molecule has 0 amide bonds. The third-order valence-electron chi connectivity index (χ3n) is 3.82. The maximum absolute atomic E-state index is 9.55. The van der Waals surface area contributed by atoms with Gasteiger partial charge in [-0.25, -0.2) is 4.98 Å². The number of benzene rings is 2. The number of halogens is 2. The highest BCUT2D eigenvalue weighted by atomic mass is 35.5. The van der Waals surface area contributed by atoms with Gasteiger partial charge >= 0.3 is 0 Å². The average molecular weight is 354 g/mol. The molecule has 3 nitrogen and oxygen atoms in total. The van der Waals surface area contributed by atoms with Crippen molar-refractivity contribution in [2.75, 3.05) is 5.73 Å². The van der Waals surface area contributed by atoms with Crippen molar-refractivity contribution in [3.63, 3.8) is 0 Å². The van der Waals surface area contributed by atoms with Crippen molar-refractivity contribution >= 4 is 29.0 Å². The van der Waals surface area contributed by atoms with Gasteiger partial charge in [-0.15, -0.1) is 0 Å². The van der Waals surface area contributed by atoms with Crippen LogP contribution in [0.1, 0.15) is 11.1 Å². The summed E-state index contributed by atoms with van der Waals surface area (Å²) in [5.74, 6) is 0.174. The van der Waals surface area contributed by atoms with Gasteiger partial charge in [-0.2, -0.15) is 5.26 Å². The number of nitrogens with zero attached hydrogens (tertiary/aromatic N) is 2. The van der Waals surface area contributed by atoms with Crippen molar-refractivity contribution in [2.45, 2.75) is 6.92 Å². The van der Waals surface area contributed by atoms with Crippen LogP contribution in [0.3, 0.4) is 0 Å². The lowest BCUT2D eigenvalue weighted by molar-refractivity contribution is 1.26. The molecule has 0 spiro atoms. The first kappa shape index (κ1) is 16.3. The predicted molar refractivity (Wildman–Crippen MR) is 99.0 cm³/mol. The molecule has 118 valence electrons. The zero-order valence-electron chi connectivity index (χ0n) is 12.8. The zero-order chi connectivity index (χ0) is 17.3. The van der Waals surface area contributed by atoms with E-state index in [0.717, 1.165) is 16.7 Å². The lowest BCUT2D eigenvalue weighted by Crippen LogP contribution is -2.03. The molecule has 2 aromatic carbocycles. The standard InChI is InChI=1S/C19H13Cl2N3/c1-11-17(14-7-2-3-8-16(14)21)15(10-22)19(23)24-18(11)12-5-4-6-13(20)9-12/h2-9H,1H3,(H2,23,24). The van der Waals surface area contributed by atoms with E-state index in [9.17, 15) is 5.26 Å². The van der Waals surface area contributed by atoms with E-state index in [4.69, 9.17) is 28.9 Å². The molecular formula is C19H13Cl2N3. The number of aromatic nitrogens is 1. The maximum atomic E-state index is 9.55. The Bertz CT molecular complexity index is 975. The van der Waals surface area contributed by atoms with E-state index in [-0.39, 0.29) is 5.82 Å². The molecule has 0 unspecified atom stereocenters. The molecule has 5 heteroatoms. The SMILES string of the molecule is Cc1c(-c2cccc(Cl)c2)nc(N)c(C#N)c1-c1ccccc1Cl. The molecule has 2 N–H and O–H groups in total. The summed E-state index contributed by atoms with van der Waals surface area (Å²) in [5, 5.41) is 10.7. The Hall–Kier alpha value is -2.54. The van der Waals surface area contributed by atoms with Crippen LogP contribution in [0, 0.1) is 18.3 Å². The van der Waals surface area contributed by atoms with Gasteiger partial charge in [-0.1, -0.05) is 53.5 Å². The van der Waals surface area contributed by atoms with Gasteiger partial charge in [0, 0.05) is 26.7 Å². The lowest BCUT2D eigenvalue weighted by Gasteiger charge is -2.16. The minimum Gasteiger partial charge on any atom is -0.383 e. The van der Waals surface area contributed by atoms with E-state index in [1.165, 1.54) is 0 Å². The molecule has 0 bridgehead atoms. The Morgan fingerprint density at radius 3 is 2.50 bits per heavy atom. The van der Waals surface area contributed by atoms with Gasteiger partial charge in [0.1, 0.15) is 17.5 Å². The maximum Gasteiger partial charge on any atom is 0.142 e. The fourth-order valence-electron chi connectivity index (χ4n) is 2.72. The Morgan fingerprint density at radius 1 is 1.08 bits per heavy atom. The number of nitrogen functional groups attached to an aromatic ring is 1. The van der Waals surface area contributed by atoms with Crippen LogP contribution in [0.2, 0.25) is 10.0 Å². The quantitative estimate of drug-likeness (QED) is 0.662. The second-order valence-corrected chi connectivity index (χ2v) is 6.17. The van der Waals surface area contributed by atoms with Gasteiger partial charge in [0.25, 0.3) is 0 Å². The van der Waals surface area contributed by atoms with Gasteiger partial charge in [-0.3, -0.25) is 0 Å². The van der Waals surface area contributed by atoms with Gasteiger partial charge in [0.15, 0.2) is 0 Å². The molecule has 0 fully saturated rings. The second kappa shape index (κ2) is 6.52. The summed E-state index contributed by atoms with van der Waals surface area (Å²) in [6, 6.07) is 16.9. The topological polar surface area (TPSA) is 62.7 Å². The third-order valence-corrected chi connectivity index (χ3v) is 4.39. The fraction of sp³-hybridized carbons (Fsp3) is 0.0526. The smallest absolute Gasteiger partial charge is 0.142 e. The second-order valence-electron chi connectivity index (χ2n) is 5.32. The molecule has 1 heterocycles. The monoisotopic (exact) mass is 353 g/mol. The van der Waals surface area contributed by atoms with Crippen molar-refractivity contribution in [1.29, 1.82) is 5.26 Å². The van der Waals surface area contributed by atoms with E-state index in [1.54, 1.807) is 12.1 Å². The molecular weight excluding hydrogens is 341 g/mol. The number of pyridine rings is 1. The first-order valence-corrected chi connectivity index (χ1v) is 7.99. The number of hydrogen-bond acceptors (Lipinski definition) is 3. The summed E-state index contributed by atoms with van der Waals surface area (Å²) in [6.45, 7) is 1.90. The van der Waals surface area contributed by atoms with Crippen LogP contribution < -0.4 is 5.73 Å². The van der Waals surface area contributed by atoms with Crippen molar-refractivity contribution in [3.05, 3.63) is 69.7 Å². The molecule has 0 saturated heterocycles. The van der Waals surface area contributed by atoms with E-state index < -0.39 is 0 Å². The summed E-state index contributed by atoms with van der Waals surface area (Å²) >= 11 is 12.4. The molecule has 0 aliphatic rings. The first-order chi connectivity index (χ1) is 11.5. The fourth-order valence-corrected chi connectivity index (χ4v) is 3.15. The normalized spacial score (nSPS) is 10.4. The molecule has 3 aromatic rings. The number of rotatable bonds is 2. The first-order valence-electron chi connectivity index (χ1n) is 7.24. The minimum absolute atomic E-state index is 0.174. The van der Waals surface area contributed by atoms with Gasteiger partial charge < -0.3 is 5.73 Å². The highest BCUT2D eigenvalue weighted by Gasteiger charge is 2.19. The molecule has 0 atom stereocenters. The van der Waals surface area contributed by atoms with Crippen molar-refractivity contribution in [1.82, 2.24) is 4.98 Å². The van der Waals surface area contributed by atoms with Gasteiger partial charge in [0.05, 0.1) is 5.69 Å². The number of anilines is 1. The van der Waals surface area contributed by atoms with Crippen LogP contribution in [-0.2, 0) is 0 Å². The molecule has 0 radical (unpaired) electrons. The average Bonchev–Trinajstić information content (AvgIpc) is 2.57. The van der Waals surface area contributed by atoms with E-state index in [1.807, 2.05) is 43.3 Å². The molecule has 3 rings (SSSR count). The van der Waals surface area contributed by atoms with E-state index >= 15 is 0 Å². The highest BCUT2D eigenvalue weighted by molar-refractivity contribution is 6.33. The predicted octanol–water partition coefficient (Wildman–Crippen LogP) is 5.48. The zero-order valence-corrected chi connectivity index (χ0v) is 14.4.